The molecule has 2 N–H and O–H groups in total. The second-order valence-corrected chi connectivity index (χ2v) is 4.98. The zero-order valence-electron chi connectivity index (χ0n) is 12.1. The van der Waals surface area contributed by atoms with Crippen LogP contribution < -0.4 is 5.32 Å². The van der Waals surface area contributed by atoms with E-state index in [1.54, 1.807) is 13.0 Å². The lowest BCUT2D eigenvalue weighted by atomic mass is 10.1. The second kappa shape index (κ2) is 5.33. The van der Waals surface area contributed by atoms with E-state index in [1.807, 2.05) is 39.0 Å². The van der Waals surface area contributed by atoms with Crippen molar-refractivity contribution in [1.82, 2.24) is 4.98 Å². The van der Waals surface area contributed by atoms with Gasteiger partial charge in [-0.25, -0.2) is 9.78 Å². The van der Waals surface area contributed by atoms with Crippen LogP contribution in [0.15, 0.2) is 24.3 Å². The third-order valence-electron chi connectivity index (χ3n) is 3.42. The van der Waals surface area contributed by atoms with Gasteiger partial charge in [-0.2, -0.15) is 0 Å². The Morgan fingerprint density at radius 3 is 2.50 bits per heavy atom. The number of hydrogen-bond donors (Lipinski definition) is 2. The number of anilines is 2. The van der Waals surface area contributed by atoms with E-state index in [9.17, 15) is 9.90 Å². The van der Waals surface area contributed by atoms with Crippen LogP contribution in [0.3, 0.4) is 0 Å². The van der Waals surface area contributed by atoms with E-state index in [1.165, 1.54) is 0 Å². The first-order valence-electron chi connectivity index (χ1n) is 6.45. The Balaban J connectivity index is 2.53. The highest BCUT2D eigenvalue weighted by atomic mass is 16.4. The summed E-state index contributed by atoms with van der Waals surface area (Å²) in [7, 11) is 0. The van der Waals surface area contributed by atoms with Gasteiger partial charge >= 0.3 is 5.97 Å². The highest BCUT2D eigenvalue weighted by Crippen LogP contribution is 2.26. The predicted molar refractivity (Wildman–Crippen MR) is 79.9 cm³/mol. The van der Waals surface area contributed by atoms with E-state index in [-0.39, 0.29) is 5.56 Å². The highest BCUT2D eigenvalue weighted by Gasteiger charge is 2.16. The van der Waals surface area contributed by atoms with E-state index in [4.69, 9.17) is 0 Å². The van der Waals surface area contributed by atoms with Crippen LogP contribution >= 0.6 is 0 Å². The number of carboxylic acids is 1. The molecule has 1 aromatic carbocycles. The summed E-state index contributed by atoms with van der Waals surface area (Å²) in [5, 5.41) is 12.5. The topological polar surface area (TPSA) is 62.2 Å². The predicted octanol–water partition coefficient (Wildman–Crippen LogP) is 3.76. The molecule has 0 amide bonds. The van der Waals surface area contributed by atoms with Crippen LogP contribution in [0.1, 0.15) is 32.7 Å². The number of nitrogens with one attached hydrogen (secondary N) is 1. The van der Waals surface area contributed by atoms with Crippen LogP contribution in [-0.2, 0) is 0 Å². The van der Waals surface area contributed by atoms with Crippen LogP contribution in [0.4, 0.5) is 11.5 Å². The molecule has 0 aliphatic rings. The van der Waals surface area contributed by atoms with Crippen LogP contribution in [0, 0.1) is 27.7 Å². The van der Waals surface area contributed by atoms with Crippen molar-refractivity contribution in [2.24, 2.45) is 0 Å². The van der Waals surface area contributed by atoms with Crippen LogP contribution in [0.25, 0.3) is 0 Å². The summed E-state index contributed by atoms with van der Waals surface area (Å²) in [6, 6.07) is 7.66. The largest absolute Gasteiger partial charge is 0.478 e. The third-order valence-corrected chi connectivity index (χ3v) is 3.42. The Kier molecular flexibility index (Phi) is 3.74. The minimum absolute atomic E-state index is 0.219. The molecule has 0 radical (unpaired) electrons. The van der Waals surface area contributed by atoms with Gasteiger partial charge in [-0.3, -0.25) is 0 Å². The van der Waals surface area contributed by atoms with E-state index < -0.39 is 5.97 Å². The summed E-state index contributed by atoms with van der Waals surface area (Å²) in [6.45, 7) is 7.66. The van der Waals surface area contributed by atoms with E-state index in [0.29, 0.717) is 11.4 Å². The fourth-order valence-corrected chi connectivity index (χ4v) is 2.21. The molecule has 0 aliphatic heterocycles. The Morgan fingerprint density at radius 2 is 1.85 bits per heavy atom. The van der Waals surface area contributed by atoms with Crippen molar-refractivity contribution in [2.75, 3.05) is 5.32 Å². The summed E-state index contributed by atoms with van der Waals surface area (Å²) in [5.41, 5.74) is 4.83. The Bertz CT molecular complexity index is 678. The van der Waals surface area contributed by atoms with E-state index >= 15 is 0 Å². The molecule has 1 heterocycles. The van der Waals surface area contributed by atoms with Gasteiger partial charge in [0.15, 0.2) is 0 Å². The molecule has 0 bridgehead atoms. The van der Waals surface area contributed by atoms with Gasteiger partial charge < -0.3 is 10.4 Å². The first-order chi connectivity index (χ1) is 9.40. The lowest BCUT2D eigenvalue weighted by Gasteiger charge is -2.14. The second-order valence-electron chi connectivity index (χ2n) is 4.98. The number of pyridine rings is 1. The zero-order chi connectivity index (χ0) is 14.9. The zero-order valence-corrected chi connectivity index (χ0v) is 12.1. The van der Waals surface area contributed by atoms with E-state index in [2.05, 4.69) is 10.3 Å². The molecule has 1 aromatic heterocycles. The molecule has 0 aliphatic carbocycles. The molecule has 0 saturated carbocycles. The standard InChI is InChI=1S/C16H18N2O2/c1-9-6-5-7-13(12(9)4)18-15-14(16(19)20)10(2)8-11(3)17-15/h5-8H,1-4H3,(H,17,18)(H,19,20). The number of carbonyl (C=O) groups is 1. The van der Waals surface area contributed by atoms with Crippen molar-refractivity contribution in [3.8, 4) is 0 Å². The van der Waals surface area contributed by atoms with Gasteiger partial charge in [0, 0.05) is 11.4 Å². The first kappa shape index (κ1) is 14.1. The van der Waals surface area contributed by atoms with Crippen molar-refractivity contribution >= 4 is 17.5 Å². The summed E-state index contributed by atoms with van der Waals surface area (Å²) < 4.78 is 0. The van der Waals surface area contributed by atoms with Crippen molar-refractivity contribution in [3.63, 3.8) is 0 Å². The van der Waals surface area contributed by atoms with Gasteiger partial charge in [-0.15, -0.1) is 0 Å². The van der Waals surface area contributed by atoms with Crippen LogP contribution in [0.5, 0.6) is 0 Å². The summed E-state index contributed by atoms with van der Waals surface area (Å²) in [6.07, 6.45) is 0. The number of carboxylic acid groups (broad SMARTS) is 1. The smallest absolute Gasteiger partial charge is 0.339 e. The van der Waals surface area contributed by atoms with Gasteiger partial charge in [0.2, 0.25) is 0 Å². The molecule has 4 heteroatoms. The number of benzene rings is 1. The van der Waals surface area contributed by atoms with E-state index in [0.717, 1.165) is 22.5 Å². The van der Waals surface area contributed by atoms with Crippen molar-refractivity contribution in [1.29, 1.82) is 0 Å². The molecule has 0 spiro atoms. The van der Waals surface area contributed by atoms with Gasteiger partial charge in [0.1, 0.15) is 11.4 Å². The maximum absolute atomic E-state index is 11.4. The van der Waals surface area contributed by atoms with Gasteiger partial charge in [-0.05, 0) is 56.5 Å². The fourth-order valence-electron chi connectivity index (χ4n) is 2.21. The van der Waals surface area contributed by atoms with Gasteiger partial charge in [-0.1, -0.05) is 12.1 Å². The average Bonchev–Trinajstić information content (AvgIpc) is 2.33. The molecule has 2 rings (SSSR count). The number of aryl methyl sites for hydroxylation is 3. The minimum atomic E-state index is -0.970. The molecule has 4 nitrogen and oxygen atoms in total. The molecule has 2 aromatic rings. The highest BCUT2D eigenvalue weighted by molar-refractivity contribution is 5.95. The van der Waals surface area contributed by atoms with Crippen molar-refractivity contribution in [3.05, 3.63) is 52.2 Å². The van der Waals surface area contributed by atoms with Gasteiger partial charge in [0.05, 0.1) is 0 Å². The third kappa shape index (κ3) is 2.64. The maximum Gasteiger partial charge on any atom is 0.339 e. The summed E-state index contributed by atoms with van der Waals surface area (Å²) in [5.74, 6) is -0.577. The minimum Gasteiger partial charge on any atom is -0.478 e. The maximum atomic E-state index is 11.4. The summed E-state index contributed by atoms with van der Waals surface area (Å²) >= 11 is 0. The monoisotopic (exact) mass is 270 g/mol. The molecule has 0 saturated heterocycles. The number of aromatic carboxylic acids is 1. The quantitative estimate of drug-likeness (QED) is 0.891. The fraction of sp³-hybridized carbons (Fsp3) is 0.250. The SMILES string of the molecule is Cc1cc(C)c(C(=O)O)c(Nc2cccc(C)c2C)n1. The molecule has 0 fully saturated rings. The number of rotatable bonds is 3. The lowest BCUT2D eigenvalue weighted by Crippen LogP contribution is -2.09. The van der Waals surface area contributed by atoms with Gasteiger partial charge in [0.25, 0.3) is 0 Å². The van der Waals surface area contributed by atoms with Crippen LogP contribution in [0.2, 0.25) is 0 Å². The lowest BCUT2D eigenvalue weighted by molar-refractivity contribution is 0.0697. The van der Waals surface area contributed by atoms with Crippen LogP contribution in [-0.4, -0.2) is 16.1 Å². The Labute approximate surface area is 118 Å². The number of aromatic nitrogens is 1. The van der Waals surface area contributed by atoms with Crippen molar-refractivity contribution < 1.29 is 9.90 Å². The molecule has 104 valence electrons. The molecular weight excluding hydrogens is 252 g/mol. The first-order valence-corrected chi connectivity index (χ1v) is 6.45. The Morgan fingerprint density at radius 1 is 1.15 bits per heavy atom. The summed E-state index contributed by atoms with van der Waals surface area (Å²) in [4.78, 5) is 15.7. The molecular formula is C16H18N2O2. The molecule has 20 heavy (non-hydrogen) atoms. The molecule has 0 unspecified atom stereocenters. The van der Waals surface area contributed by atoms with Crippen molar-refractivity contribution in [2.45, 2.75) is 27.7 Å². The number of nitrogens with zero attached hydrogens (tertiary/aromatic N) is 1. The number of hydrogen-bond acceptors (Lipinski definition) is 3. The average molecular weight is 270 g/mol. The molecule has 0 atom stereocenters. The normalized spacial score (nSPS) is 10.4. The Hall–Kier alpha value is -2.36.